The fourth-order valence-electron chi connectivity index (χ4n) is 0.797. The number of nitrogens with two attached hydrogens (primary N) is 1. The van der Waals surface area contributed by atoms with E-state index in [0.29, 0.717) is 5.69 Å². The van der Waals surface area contributed by atoms with E-state index in [4.69, 9.17) is 17.3 Å². The van der Waals surface area contributed by atoms with Crippen LogP contribution in [-0.2, 0) is 12.7 Å². The van der Waals surface area contributed by atoms with Gasteiger partial charge in [-0.1, -0.05) is 11.6 Å². The van der Waals surface area contributed by atoms with Crippen molar-refractivity contribution in [3.05, 3.63) is 28.5 Å². The standard InChI is InChI=1S/C7H6ClF3N2.ClH/c8-6-5(7(9,10)11)2-1-4(3-12)13-6;/h1-2H,3,12H2;1H. The molecular formula is C7H7Cl2F3N2. The van der Waals surface area contributed by atoms with Crippen molar-refractivity contribution in [3.8, 4) is 0 Å². The second-order valence-electron chi connectivity index (χ2n) is 2.34. The van der Waals surface area contributed by atoms with E-state index < -0.39 is 16.9 Å². The third-order valence-corrected chi connectivity index (χ3v) is 1.71. The summed E-state index contributed by atoms with van der Waals surface area (Å²) in [5.74, 6) is 0. The number of pyridine rings is 1. The van der Waals surface area contributed by atoms with Crippen molar-refractivity contribution >= 4 is 24.0 Å². The number of hydrogen-bond acceptors (Lipinski definition) is 2. The van der Waals surface area contributed by atoms with Gasteiger partial charge in [0.1, 0.15) is 5.15 Å². The smallest absolute Gasteiger partial charge is 0.325 e. The molecule has 2 N–H and O–H groups in total. The van der Waals surface area contributed by atoms with Crippen LogP contribution in [0.5, 0.6) is 0 Å². The lowest BCUT2D eigenvalue weighted by Gasteiger charge is -2.08. The van der Waals surface area contributed by atoms with E-state index in [1.54, 1.807) is 0 Å². The Labute approximate surface area is 89.7 Å². The molecule has 0 unspecified atom stereocenters. The molecule has 1 aromatic heterocycles. The summed E-state index contributed by atoms with van der Waals surface area (Å²) in [5, 5.41) is -0.560. The third-order valence-electron chi connectivity index (χ3n) is 1.42. The zero-order valence-corrected chi connectivity index (χ0v) is 8.38. The van der Waals surface area contributed by atoms with Crippen LogP contribution in [0.25, 0.3) is 0 Å². The van der Waals surface area contributed by atoms with E-state index in [9.17, 15) is 13.2 Å². The van der Waals surface area contributed by atoms with Crippen molar-refractivity contribution in [1.82, 2.24) is 4.98 Å². The molecule has 7 heteroatoms. The van der Waals surface area contributed by atoms with Crippen LogP contribution in [0.4, 0.5) is 13.2 Å². The number of rotatable bonds is 1. The minimum absolute atomic E-state index is 0. The first kappa shape index (κ1) is 13.5. The van der Waals surface area contributed by atoms with Gasteiger partial charge in [-0.3, -0.25) is 0 Å². The number of hydrogen-bond donors (Lipinski definition) is 1. The fourth-order valence-corrected chi connectivity index (χ4v) is 1.08. The molecule has 1 aromatic rings. The van der Waals surface area contributed by atoms with Crippen LogP contribution in [-0.4, -0.2) is 4.98 Å². The maximum atomic E-state index is 12.1. The van der Waals surface area contributed by atoms with Gasteiger partial charge in [0.25, 0.3) is 0 Å². The van der Waals surface area contributed by atoms with E-state index in [-0.39, 0.29) is 19.0 Å². The van der Waals surface area contributed by atoms with Gasteiger partial charge in [-0.2, -0.15) is 13.2 Å². The van der Waals surface area contributed by atoms with Crippen LogP contribution in [0, 0.1) is 0 Å². The van der Waals surface area contributed by atoms with Crippen molar-refractivity contribution in [3.63, 3.8) is 0 Å². The summed E-state index contributed by atoms with van der Waals surface area (Å²) in [5.41, 5.74) is 4.57. The molecule has 0 atom stereocenters. The topological polar surface area (TPSA) is 38.9 Å². The molecule has 1 rings (SSSR count). The van der Waals surface area contributed by atoms with E-state index in [0.717, 1.165) is 6.07 Å². The van der Waals surface area contributed by atoms with Gasteiger partial charge in [0, 0.05) is 6.54 Å². The van der Waals surface area contributed by atoms with Gasteiger partial charge in [0.05, 0.1) is 11.3 Å². The SMILES string of the molecule is Cl.NCc1ccc(C(F)(F)F)c(Cl)n1. The first-order valence-corrected chi connectivity index (χ1v) is 3.75. The molecule has 0 saturated heterocycles. The molecule has 0 aliphatic carbocycles. The van der Waals surface area contributed by atoms with Crippen LogP contribution in [0.2, 0.25) is 5.15 Å². The summed E-state index contributed by atoms with van der Waals surface area (Å²) in [4.78, 5) is 3.48. The van der Waals surface area contributed by atoms with Crippen molar-refractivity contribution in [2.24, 2.45) is 5.73 Å². The summed E-state index contributed by atoms with van der Waals surface area (Å²) >= 11 is 5.31. The van der Waals surface area contributed by atoms with Crippen LogP contribution in [0.3, 0.4) is 0 Å². The molecule has 0 spiro atoms. The second kappa shape index (κ2) is 4.82. The van der Waals surface area contributed by atoms with Gasteiger partial charge < -0.3 is 5.73 Å². The molecule has 80 valence electrons. The minimum Gasteiger partial charge on any atom is -0.325 e. The highest BCUT2D eigenvalue weighted by Gasteiger charge is 2.33. The maximum absolute atomic E-state index is 12.1. The Hall–Kier alpha value is -0.520. The highest BCUT2D eigenvalue weighted by molar-refractivity contribution is 6.30. The van der Waals surface area contributed by atoms with Crippen molar-refractivity contribution in [2.45, 2.75) is 12.7 Å². The summed E-state index contributed by atoms with van der Waals surface area (Å²) < 4.78 is 36.4. The van der Waals surface area contributed by atoms with Crippen molar-refractivity contribution < 1.29 is 13.2 Å². The molecule has 0 bridgehead atoms. The fraction of sp³-hybridized carbons (Fsp3) is 0.286. The van der Waals surface area contributed by atoms with E-state index in [1.807, 2.05) is 0 Å². The summed E-state index contributed by atoms with van der Waals surface area (Å²) in [6.07, 6.45) is -4.46. The van der Waals surface area contributed by atoms with Crippen LogP contribution >= 0.6 is 24.0 Å². The Kier molecular flexibility index (Phi) is 4.64. The lowest BCUT2D eigenvalue weighted by Crippen LogP contribution is -2.09. The van der Waals surface area contributed by atoms with Crippen LogP contribution in [0.15, 0.2) is 12.1 Å². The Morgan fingerprint density at radius 1 is 1.36 bits per heavy atom. The highest BCUT2D eigenvalue weighted by Crippen LogP contribution is 2.33. The number of nitrogens with zero attached hydrogens (tertiary/aromatic N) is 1. The Balaban J connectivity index is 0.00000169. The normalized spacial score (nSPS) is 10.9. The monoisotopic (exact) mass is 246 g/mol. The molecule has 14 heavy (non-hydrogen) atoms. The third kappa shape index (κ3) is 3.01. The van der Waals surface area contributed by atoms with Crippen LogP contribution < -0.4 is 5.73 Å². The number of halogens is 5. The van der Waals surface area contributed by atoms with Gasteiger partial charge in [-0.25, -0.2) is 4.98 Å². The second-order valence-corrected chi connectivity index (χ2v) is 2.70. The Morgan fingerprint density at radius 3 is 2.29 bits per heavy atom. The molecule has 0 fully saturated rings. The first-order valence-electron chi connectivity index (χ1n) is 3.38. The quantitative estimate of drug-likeness (QED) is 0.774. The predicted molar refractivity (Wildman–Crippen MR) is 49.4 cm³/mol. The zero-order chi connectivity index (χ0) is 10.1. The van der Waals surface area contributed by atoms with Crippen molar-refractivity contribution in [1.29, 1.82) is 0 Å². The van der Waals surface area contributed by atoms with E-state index in [2.05, 4.69) is 4.98 Å². The van der Waals surface area contributed by atoms with E-state index >= 15 is 0 Å². The maximum Gasteiger partial charge on any atom is 0.419 e. The highest BCUT2D eigenvalue weighted by atomic mass is 35.5. The van der Waals surface area contributed by atoms with Crippen LogP contribution in [0.1, 0.15) is 11.3 Å². The molecule has 0 saturated carbocycles. The minimum atomic E-state index is -4.46. The number of alkyl halides is 3. The summed E-state index contributed by atoms with van der Waals surface area (Å²) in [6, 6.07) is 2.08. The Morgan fingerprint density at radius 2 is 1.93 bits per heavy atom. The van der Waals surface area contributed by atoms with Gasteiger partial charge in [-0.15, -0.1) is 12.4 Å². The lowest BCUT2D eigenvalue weighted by atomic mass is 10.2. The van der Waals surface area contributed by atoms with E-state index in [1.165, 1.54) is 6.07 Å². The Bertz CT molecular complexity index is 314. The van der Waals surface area contributed by atoms with Gasteiger partial charge in [-0.05, 0) is 12.1 Å². The molecule has 0 aliphatic rings. The zero-order valence-electron chi connectivity index (χ0n) is 6.81. The molecule has 2 nitrogen and oxygen atoms in total. The van der Waals surface area contributed by atoms with Gasteiger partial charge in [0.15, 0.2) is 0 Å². The average molecular weight is 247 g/mol. The van der Waals surface area contributed by atoms with Gasteiger partial charge >= 0.3 is 6.18 Å². The molecule has 0 amide bonds. The molecular weight excluding hydrogens is 240 g/mol. The number of aromatic nitrogens is 1. The lowest BCUT2D eigenvalue weighted by molar-refractivity contribution is -0.137. The van der Waals surface area contributed by atoms with Gasteiger partial charge in [0.2, 0.25) is 0 Å². The first-order chi connectivity index (χ1) is 5.95. The largest absolute Gasteiger partial charge is 0.419 e. The summed E-state index contributed by atoms with van der Waals surface area (Å²) in [7, 11) is 0. The molecule has 0 radical (unpaired) electrons. The molecule has 0 aliphatic heterocycles. The van der Waals surface area contributed by atoms with Crippen molar-refractivity contribution in [2.75, 3.05) is 0 Å². The predicted octanol–water partition coefficient (Wildman–Crippen LogP) is 2.63. The molecule has 0 aromatic carbocycles. The average Bonchev–Trinajstić information content (AvgIpc) is 2.01. The molecule has 1 heterocycles. The summed E-state index contributed by atoms with van der Waals surface area (Å²) in [6.45, 7) is 0.0673.